The molecule has 0 radical (unpaired) electrons. The topological polar surface area (TPSA) is 23.5 Å². The Bertz CT molecular complexity index is 377. The van der Waals surface area contributed by atoms with Crippen molar-refractivity contribution < 1.29 is 18.3 Å². The van der Waals surface area contributed by atoms with Crippen molar-refractivity contribution in [1.82, 2.24) is 4.90 Å². The predicted molar refractivity (Wildman–Crippen MR) is 47.6 cm³/mol. The van der Waals surface area contributed by atoms with Gasteiger partial charge >= 0.3 is 0 Å². The molecular formula is C10H10F3NO. The molecule has 5 heteroatoms. The summed E-state index contributed by atoms with van der Waals surface area (Å²) in [6, 6.07) is 1.40. The fourth-order valence-electron chi connectivity index (χ4n) is 1.60. The van der Waals surface area contributed by atoms with E-state index in [1.54, 1.807) is 4.90 Å². The zero-order chi connectivity index (χ0) is 11.0. The van der Waals surface area contributed by atoms with Crippen LogP contribution in [0.2, 0.25) is 0 Å². The Balaban J connectivity index is 2.11. The molecule has 0 spiro atoms. The Hall–Kier alpha value is -1.07. The van der Waals surface area contributed by atoms with E-state index >= 15 is 0 Å². The molecule has 0 unspecified atom stereocenters. The standard InChI is InChI=1S/C10H10F3NO/c11-8-2-10(13)9(12)1-6(8)3-14-4-7(15)5-14/h1-2,7,15H,3-5H2. The molecule has 0 amide bonds. The first-order chi connectivity index (χ1) is 7.06. The maximum absolute atomic E-state index is 13.2. The number of β-amino-alcohol motifs (C(OH)–C–C–N with tert-alkyl or cyclic N) is 1. The molecule has 0 aromatic heterocycles. The molecule has 1 heterocycles. The summed E-state index contributed by atoms with van der Waals surface area (Å²) in [5.74, 6) is -2.98. The fraction of sp³-hybridized carbons (Fsp3) is 0.400. The molecule has 0 atom stereocenters. The molecule has 2 nitrogen and oxygen atoms in total. The number of nitrogens with zero attached hydrogens (tertiary/aromatic N) is 1. The second-order valence-corrected chi connectivity index (χ2v) is 3.71. The highest BCUT2D eigenvalue weighted by atomic mass is 19.2. The lowest BCUT2D eigenvalue weighted by atomic mass is 10.1. The summed E-state index contributed by atoms with van der Waals surface area (Å²) >= 11 is 0. The molecule has 82 valence electrons. The van der Waals surface area contributed by atoms with Gasteiger partial charge in [0.05, 0.1) is 6.10 Å². The van der Waals surface area contributed by atoms with Crippen LogP contribution in [0.5, 0.6) is 0 Å². The van der Waals surface area contributed by atoms with E-state index in [0.717, 1.165) is 6.07 Å². The second kappa shape index (κ2) is 3.83. The summed E-state index contributed by atoms with van der Waals surface area (Å²) in [6.45, 7) is 1.08. The van der Waals surface area contributed by atoms with Gasteiger partial charge in [-0.3, -0.25) is 4.90 Å². The van der Waals surface area contributed by atoms with Crippen LogP contribution in [-0.2, 0) is 6.54 Å². The Labute approximate surface area is 84.9 Å². The Morgan fingerprint density at radius 1 is 1.13 bits per heavy atom. The molecule has 1 N–H and O–H groups in total. The van der Waals surface area contributed by atoms with E-state index in [0.29, 0.717) is 19.2 Å². The van der Waals surface area contributed by atoms with Crippen LogP contribution in [-0.4, -0.2) is 29.2 Å². The van der Waals surface area contributed by atoms with Crippen molar-refractivity contribution in [2.24, 2.45) is 0 Å². The summed E-state index contributed by atoms with van der Waals surface area (Å²) in [4.78, 5) is 1.75. The highest BCUT2D eigenvalue weighted by Gasteiger charge is 2.25. The van der Waals surface area contributed by atoms with E-state index < -0.39 is 23.6 Å². The normalized spacial score (nSPS) is 17.9. The van der Waals surface area contributed by atoms with Gasteiger partial charge in [-0.25, -0.2) is 13.2 Å². The third-order valence-corrected chi connectivity index (χ3v) is 2.42. The summed E-state index contributed by atoms with van der Waals surface area (Å²) in [7, 11) is 0. The van der Waals surface area contributed by atoms with Gasteiger partial charge in [0.25, 0.3) is 0 Å². The van der Waals surface area contributed by atoms with Gasteiger partial charge in [0.15, 0.2) is 11.6 Å². The van der Waals surface area contributed by atoms with Crippen molar-refractivity contribution in [2.45, 2.75) is 12.6 Å². The first-order valence-corrected chi connectivity index (χ1v) is 4.60. The van der Waals surface area contributed by atoms with Gasteiger partial charge in [-0.1, -0.05) is 0 Å². The maximum Gasteiger partial charge on any atom is 0.161 e. The van der Waals surface area contributed by atoms with Crippen LogP contribution in [0, 0.1) is 17.5 Å². The lowest BCUT2D eigenvalue weighted by molar-refractivity contribution is -0.00349. The summed E-state index contributed by atoms with van der Waals surface area (Å²) in [5.41, 5.74) is 0.112. The van der Waals surface area contributed by atoms with Gasteiger partial charge in [-0.15, -0.1) is 0 Å². The van der Waals surface area contributed by atoms with Crippen molar-refractivity contribution in [3.8, 4) is 0 Å². The van der Waals surface area contributed by atoms with Crippen LogP contribution in [0.4, 0.5) is 13.2 Å². The number of hydrogen-bond donors (Lipinski definition) is 1. The van der Waals surface area contributed by atoms with Crippen molar-refractivity contribution in [3.63, 3.8) is 0 Å². The zero-order valence-electron chi connectivity index (χ0n) is 7.88. The number of aliphatic hydroxyl groups excluding tert-OH is 1. The first kappa shape index (κ1) is 10.4. The van der Waals surface area contributed by atoms with Crippen molar-refractivity contribution in [1.29, 1.82) is 0 Å². The van der Waals surface area contributed by atoms with Gasteiger partial charge in [-0.2, -0.15) is 0 Å². The average molecular weight is 217 g/mol. The molecular weight excluding hydrogens is 207 g/mol. The highest BCUT2D eigenvalue weighted by Crippen LogP contribution is 2.18. The van der Waals surface area contributed by atoms with Gasteiger partial charge < -0.3 is 5.11 Å². The molecule has 1 aromatic carbocycles. The Morgan fingerprint density at radius 2 is 1.73 bits per heavy atom. The molecule has 1 aromatic rings. The van der Waals surface area contributed by atoms with Crippen LogP contribution in [0.15, 0.2) is 12.1 Å². The molecule has 15 heavy (non-hydrogen) atoms. The van der Waals surface area contributed by atoms with Crippen LogP contribution in [0.1, 0.15) is 5.56 Å². The predicted octanol–water partition coefficient (Wildman–Crippen LogP) is 1.28. The zero-order valence-corrected chi connectivity index (χ0v) is 7.88. The molecule has 2 rings (SSSR count). The lowest BCUT2D eigenvalue weighted by Gasteiger charge is -2.35. The van der Waals surface area contributed by atoms with E-state index in [9.17, 15) is 13.2 Å². The minimum atomic E-state index is -1.18. The van der Waals surface area contributed by atoms with Gasteiger partial charge in [-0.05, 0) is 6.07 Å². The molecule has 1 aliphatic heterocycles. The van der Waals surface area contributed by atoms with E-state index in [2.05, 4.69) is 0 Å². The largest absolute Gasteiger partial charge is 0.390 e. The Morgan fingerprint density at radius 3 is 2.33 bits per heavy atom. The van der Waals surface area contributed by atoms with E-state index in [1.165, 1.54) is 0 Å². The smallest absolute Gasteiger partial charge is 0.161 e. The Kier molecular flexibility index (Phi) is 2.67. The van der Waals surface area contributed by atoms with Crippen LogP contribution < -0.4 is 0 Å². The van der Waals surface area contributed by atoms with E-state index in [1.807, 2.05) is 0 Å². The van der Waals surface area contributed by atoms with Gasteiger partial charge in [0.1, 0.15) is 5.82 Å². The van der Waals surface area contributed by atoms with Crippen LogP contribution in [0.3, 0.4) is 0 Å². The monoisotopic (exact) mass is 217 g/mol. The molecule has 0 saturated carbocycles. The molecule has 1 aliphatic rings. The van der Waals surface area contributed by atoms with E-state index in [-0.39, 0.29) is 12.1 Å². The van der Waals surface area contributed by atoms with Crippen LogP contribution in [0.25, 0.3) is 0 Å². The summed E-state index contributed by atoms with van der Waals surface area (Å²) < 4.78 is 38.5. The minimum absolute atomic E-state index is 0.112. The fourth-order valence-corrected chi connectivity index (χ4v) is 1.60. The number of likely N-dealkylation sites (tertiary alicyclic amines) is 1. The number of aliphatic hydroxyl groups is 1. The number of halogens is 3. The van der Waals surface area contributed by atoms with Gasteiger partial charge in [0.2, 0.25) is 0 Å². The highest BCUT2D eigenvalue weighted by molar-refractivity contribution is 5.20. The lowest BCUT2D eigenvalue weighted by Crippen LogP contribution is -2.49. The quantitative estimate of drug-likeness (QED) is 0.754. The van der Waals surface area contributed by atoms with Crippen LogP contribution >= 0.6 is 0 Å². The molecule has 0 bridgehead atoms. The average Bonchev–Trinajstić information content (AvgIpc) is 2.11. The summed E-state index contributed by atoms with van der Waals surface area (Å²) in [5, 5.41) is 8.99. The number of rotatable bonds is 2. The minimum Gasteiger partial charge on any atom is -0.390 e. The molecule has 1 saturated heterocycles. The van der Waals surface area contributed by atoms with Crippen molar-refractivity contribution in [3.05, 3.63) is 35.1 Å². The summed E-state index contributed by atoms with van der Waals surface area (Å²) in [6.07, 6.45) is -0.390. The van der Waals surface area contributed by atoms with Crippen molar-refractivity contribution >= 4 is 0 Å². The molecule has 0 aliphatic carbocycles. The third kappa shape index (κ3) is 2.13. The van der Waals surface area contributed by atoms with E-state index in [4.69, 9.17) is 5.11 Å². The second-order valence-electron chi connectivity index (χ2n) is 3.71. The van der Waals surface area contributed by atoms with Crippen molar-refractivity contribution in [2.75, 3.05) is 13.1 Å². The molecule has 1 fully saturated rings. The SMILES string of the molecule is OC1CN(Cc2cc(F)c(F)cc2F)C1. The number of hydrogen-bond acceptors (Lipinski definition) is 2. The number of benzene rings is 1. The first-order valence-electron chi connectivity index (χ1n) is 4.60. The third-order valence-electron chi connectivity index (χ3n) is 2.42. The van der Waals surface area contributed by atoms with Gasteiger partial charge in [0, 0.05) is 31.3 Å². The maximum atomic E-state index is 13.2.